The summed E-state index contributed by atoms with van der Waals surface area (Å²) in [5.74, 6) is 0.603. The molecule has 0 aliphatic rings. The Morgan fingerprint density at radius 2 is 1.60 bits per heavy atom. The first-order chi connectivity index (χ1) is 9.51. The molecule has 0 heterocycles. The second kappa shape index (κ2) is 5.88. The third-order valence-corrected chi connectivity index (χ3v) is 4.03. The Hall–Kier alpha value is -2.14. The van der Waals surface area contributed by atoms with Gasteiger partial charge in [-0.05, 0) is 36.8 Å². The van der Waals surface area contributed by atoms with Crippen LogP contribution in [0.1, 0.15) is 11.1 Å². The smallest absolute Gasteiger partial charge is 0.282 e. The van der Waals surface area contributed by atoms with E-state index in [9.17, 15) is 8.42 Å². The molecule has 0 amide bonds. The fraction of sp³-hybridized carbons (Fsp3) is 0.133. The Bertz CT molecular complexity index is 702. The lowest BCUT2D eigenvalue weighted by atomic mass is 10.2. The molecule has 0 radical (unpaired) electrons. The average Bonchev–Trinajstić information content (AvgIpc) is 2.47. The Morgan fingerprint density at radius 1 is 1.00 bits per heavy atom. The first kappa shape index (κ1) is 14.3. The van der Waals surface area contributed by atoms with Crippen LogP contribution in [0.25, 0.3) is 0 Å². The largest absolute Gasteiger partial charge is 0.497 e. The van der Waals surface area contributed by atoms with Crippen molar-refractivity contribution in [2.24, 2.45) is 4.40 Å². The highest BCUT2D eigenvalue weighted by molar-refractivity contribution is 7.90. The van der Waals surface area contributed by atoms with Crippen LogP contribution in [0.15, 0.2) is 57.8 Å². The molecule has 0 spiro atoms. The monoisotopic (exact) mass is 289 g/mol. The Kier molecular flexibility index (Phi) is 4.20. The number of nitrogens with zero attached hydrogens (tertiary/aromatic N) is 1. The summed E-state index contributed by atoms with van der Waals surface area (Å²) in [4.78, 5) is 0.140. The summed E-state index contributed by atoms with van der Waals surface area (Å²) < 4.78 is 32.7. The average molecular weight is 289 g/mol. The van der Waals surface area contributed by atoms with E-state index in [4.69, 9.17) is 4.74 Å². The van der Waals surface area contributed by atoms with Gasteiger partial charge in [-0.2, -0.15) is 12.8 Å². The molecule has 0 aliphatic carbocycles. The number of hydrogen-bond acceptors (Lipinski definition) is 3. The second-order valence-corrected chi connectivity index (χ2v) is 5.93. The van der Waals surface area contributed by atoms with Crippen molar-refractivity contribution in [3.63, 3.8) is 0 Å². The molecule has 0 fully saturated rings. The molecule has 4 nitrogen and oxygen atoms in total. The topological polar surface area (TPSA) is 55.7 Å². The predicted octanol–water partition coefficient (Wildman–Crippen LogP) is 2.81. The number of sulfonamides is 1. The summed E-state index contributed by atoms with van der Waals surface area (Å²) in [6.07, 6.45) is 1.35. The van der Waals surface area contributed by atoms with Crippen LogP contribution in [0.4, 0.5) is 0 Å². The van der Waals surface area contributed by atoms with Crippen LogP contribution >= 0.6 is 0 Å². The van der Waals surface area contributed by atoms with E-state index in [0.717, 1.165) is 11.1 Å². The molecule has 0 bridgehead atoms. The Balaban J connectivity index is 2.23. The van der Waals surface area contributed by atoms with Crippen LogP contribution in [0.5, 0.6) is 5.75 Å². The van der Waals surface area contributed by atoms with Crippen molar-refractivity contribution in [3.05, 3.63) is 59.7 Å². The highest BCUT2D eigenvalue weighted by atomic mass is 32.2. The number of methoxy groups -OCH3 is 1. The molecule has 20 heavy (non-hydrogen) atoms. The van der Waals surface area contributed by atoms with Gasteiger partial charge >= 0.3 is 0 Å². The Morgan fingerprint density at radius 3 is 2.15 bits per heavy atom. The molecular formula is C15H15NO3S. The first-order valence-electron chi connectivity index (χ1n) is 6.02. The lowest BCUT2D eigenvalue weighted by Crippen LogP contribution is -1.98. The lowest BCUT2D eigenvalue weighted by Gasteiger charge is -2.01. The van der Waals surface area contributed by atoms with Crippen molar-refractivity contribution in [1.82, 2.24) is 0 Å². The van der Waals surface area contributed by atoms with Crippen LogP contribution in [-0.4, -0.2) is 21.7 Å². The fourth-order valence-corrected chi connectivity index (χ4v) is 2.45. The maximum absolute atomic E-state index is 12.0. The number of benzene rings is 2. The summed E-state index contributed by atoms with van der Waals surface area (Å²) in [6.45, 7) is 1.97. The van der Waals surface area contributed by atoms with E-state index >= 15 is 0 Å². The first-order valence-corrected chi connectivity index (χ1v) is 7.46. The molecular weight excluding hydrogens is 274 g/mol. The van der Waals surface area contributed by atoms with E-state index in [1.807, 2.05) is 31.2 Å². The standard InChI is InChI=1S/C15H15NO3S/c1-12-3-5-13(6-4-12)11-16-20(17,18)15-9-7-14(19-2)8-10-15/h3-11H,1-2H3/b16-11+. The van der Waals surface area contributed by atoms with Crippen molar-refractivity contribution in [2.45, 2.75) is 11.8 Å². The predicted molar refractivity (Wildman–Crippen MR) is 79.0 cm³/mol. The minimum absolute atomic E-state index is 0.140. The SMILES string of the molecule is COc1ccc(S(=O)(=O)/N=C/c2ccc(C)cc2)cc1. The molecule has 0 saturated carbocycles. The molecule has 104 valence electrons. The number of hydrogen-bond donors (Lipinski definition) is 0. The van der Waals surface area contributed by atoms with Gasteiger partial charge in [0, 0.05) is 6.21 Å². The van der Waals surface area contributed by atoms with Crippen molar-refractivity contribution >= 4 is 16.2 Å². The van der Waals surface area contributed by atoms with E-state index in [0.29, 0.717) is 5.75 Å². The van der Waals surface area contributed by atoms with Gasteiger partial charge in [-0.3, -0.25) is 0 Å². The van der Waals surface area contributed by atoms with Gasteiger partial charge in [-0.25, -0.2) is 0 Å². The fourth-order valence-electron chi connectivity index (χ4n) is 1.59. The minimum Gasteiger partial charge on any atom is -0.497 e. The summed E-state index contributed by atoms with van der Waals surface area (Å²) in [5, 5.41) is 0. The highest BCUT2D eigenvalue weighted by Crippen LogP contribution is 2.17. The molecule has 0 N–H and O–H groups in total. The zero-order valence-corrected chi connectivity index (χ0v) is 12.1. The molecule has 2 aromatic rings. The van der Waals surface area contributed by atoms with E-state index in [1.165, 1.54) is 25.5 Å². The zero-order valence-electron chi connectivity index (χ0n) is 11.3. The van der Waals surface area contributed by atoms with E-state index in [-0.39, 0.29) is 4.90 Å². The molecule has 2 rings (SSSR count). The van der Waals surface area contributed by atoms with E-state index < -0.39 is 10.0 Å². The van der Waals surface area contributed by atoms with Gasteiger partial charge in [0.15, 0.2) is 0 Å². The normalized spacial score (nSPS) is 11.7. The van der Waals surface area contributed by atoms with Crippen molar-refractivity contribution < 1.29 is 13.2 Å². The van der Waals surface area contributed by atoms with Crippen LogP contribution in [0.2, 0.25) is 0 Å². The van der Waals surface area contributed by atoms with E-state index in [1.54, 1.807) is 12.1 Å². The molecule has 0 aromatic heterocycles. The minimum atomic E-state index is -3.68. The highest BCUT2D eigenvalue weighted by Gasteiger charge is 2.11. The summed E-state index contributed by atoms with van der Waals surface area (Å²) in [5.41, 5.74) is 1.85. The van der Waals surface area contributed by atoms with Gasteiger partial charge in [0.1, 0.15) is 5.75 Å². The third kappa shape index (κ3) is 3.45. The summed E-state index contributed by atoms with van der Waals surface area (Å²) in [6, 6.07) is 13.6. The van der Waals surface area contributed by atoms with Crippen LogP contribution in [0.3, 0.4) is 0 Å². The lowest BCUT2D eigenvalue weighted by molar-refractivity contribution is 0.414. The van der Waals surface area contributed by atoms with E-state index in [2.05, 4.69) is 4.40 Å². The molecule has 5 heteroatoms. The quantitative estimate of drug-likeness (QED) is 0.813. The maximum Gasteiger partial charge on any atom is 0.282 e. The molecule has 2 aromatic carbocycles. The number of aryl methyl sites for hydroxylation is 1. The van der Waals surface area contributed by atoms with Crippen LogP contribution in [-0.2, 0) is 10.0 Å². The number of ether oxygens (including phenoxy) is 1. The van der Waals surface area contributed by atoms with Crippen molar-refractivity contribution in [1.29, 1.82) is 0 Å². The van der Waals surface area contributed by atoms with Gasteiger partial charge in [-0.1, -0.05) is 29.8 Å². The van der Waals surface area contributed by atoms with Gasteiger partial charge in [0.25, 0.3) is 10.0 Å². The van der Waals surface area contributed by atoms with Crippen molar-refractivity contribution in [2.75, 3.05) is 7.11 Å². The summed E-state index contributed by atoms with van der Waals surface area (Å²) >= 11 is 0. The van der Waals surface area contributed by atoms with Gasteiger partial charge in [-0.15, -0.1) is 0 Å². The zero-order chi connectivity index (χ0) is 14.6. The van der Waals surface area contributed by atoms with Gasteiger partial charge in [0.2, 0.25) is 0 Å². The van der Waals surface area contributed by atoms with Gasteiger partial charge in [0.05, 0.1) is 12.0 Å². The Labute approximate surface area is 118 Å². The molecule has 0 atom stereocenters. The maximum atomic E-state index is 12.0. The summed E-state index contributed by atoms with van der Waals surface area (Å²) in [7, 11) is -2.15. The second-order valence-electron chi connectivity index (χ2n) is 4.30. The molecule has 0 saturated heterocycles. The van der Waals surface area contributed by atoms with Crippen LogP contribution < -0.4 is 4.74 Å². The third-order valence-electron chi connectivity index (χ3n) is 2.78. The molecule has 0 unspecified atom stereocenters. The van der Waals surface area contributed by atoms with Gasteiger partial charge < -0.3 is 4.74 Å². The number of rotatable bonds is 4. The molecule has 0 aliphatic heterocycles. The van der Waals surface area contributed by atoms with Crippen LogP contribution in [0, 0.1) is 6.92 Å². The van der Waals surface area contributed by atoms with Crippen molar-refractivity contribution in [3.8, 4) is 5.75 Å².